The molecule has 2 aromatic heterocycles. The van der Waals surface area contributed by atoms with Gasteiger partial charge in [0.25, 0.3) is 0 Å². The van der Waals surface area contributed by atoms with E-state index in [1.807, 2.05) is 39.0 Å². The predicted octanol–water partition coefficient (Wildman–Crippen LogP) is 4.34. The number of anilines is 2. The molecular weight excluding hydrogens is 429 g/mol. The van der Waals surface area contributed by atoms with Crippen LogP contribution in [0.3, 0.4) is 0 Å². The molecule has 3 rings (SSSR count). The number of ether oxygens (including phenoxy) is 2. The van der Waals surface area contributed by atoms with E-state index >= 15 is 0 Å². The highest BCUT2D eigenvalue weighted by Gasteiger charge is 2.17. The Morgan fingerprint density at radius 1 is 1.27 bits per heavy atom. The Morgan fingerprint density at radius 2 is 2.07 bits per heavy atom. The Hall–Kier alpha value is -2.58. The van der Waals surface area contributed by atoms with Crippen molar-refractivity contribution in [2.24, 2.45) is 0 Å². The Bertz CT molecular complexity index is 988. The lowest BCUT2D eigenvalue weighted by molar-refractivity contribution is -0.155. The van der Waals surface area contributed by atoms with Gasteiger partial charge in [-0.1, -0.05) is 0 Å². The number of rotatable bonds is 8. The van der Waals surface area contributed by atoms with Gasteiger partial charge in [0.1, 0.15) is 30.0 Å². The van der Waals surface area contributed by atoms with Crippen LogP contribution in [-0.2, 0) is 16.1 Å². The van der Waals surface area contributed by atoms with E-state index in [1.165, 1.54) is 11.0 Å². The molecule has 1 aromatic carbocycles. The maximum absolute atomic E-state index is 12.0. The number of aromatic nitrogens is 4. The van der Waals surface area contributed by atoms with Crippen molar-refractivity contribution in [3.05, 3.63) is 36.9 Å². The fourth-order valence-corrected chi connectivity index (χ4v) is 2.74. The minimum atomic E-state index is -0.530. The molecule has 0 aliphatic rings. The molecule has 0 saturated carbocycles. The summed E-state index contributed by atoms with van der Waals surface area (Å²) in [5, 5.41) is 8.26. The molecule has 0 amide bonds. The molecule has 0 atom stereocenters. The van der Waals surface area contributed by atoms with Gasteiger partial charge in [0, 0.05) is 23.5 Å². The molecule has 162 valence electrons. The summed E-state index contributed by atoms with van der Waals surface area (Å²) < 4.78 is 12.5. The maximum atomic E-state index is 12.0. The van der Waals surface area contributed by atoms with E-state index in [4.69, 9.17) is 21.1 Å². The van der Waals surface area contributed by atoms with Crippen molar-refractivity contribution in [3.63, 3.8) is 0 Å². The lowest BCUT2D eigenvalue weighted by Gasteiger charge is -2.19. The number of carbonyl (C=O) groups is 1. The van der Waals surface area contributed by atoms with Crippen LogP contribution in [0.15, 0.2) is 36.9 Å². The Labute approximate surface area is 186 Å². The number of esters is 1. The second-order valence-electron chi connectivity index (χ2n) is 7.43. The SMILES string of the molecule is CC(C)(C)OC(=O)Cn1cc(Nc2ncnc3cc(OCCCCl)ccc23)cn1.Cl. The van der Waals surface area contributed by atoms with E-state index in [-0.39, 0.29) is 24.9 Å². The summed E-state index contributed by atoms with van der Waals surface area (Å²) in [4.78, 5) is 20.6. The number of carbonyl (C=O) groups excluding carboxylic acids is 1. The third kappa shape index (κ3) is 6.74. The molecule has 2 heterocycles. The van der Waals surface area contributed by atoms with Gasteiger partial charge in [0.15, 0.2) is 0 Å². The number of hydrogen-bond donors (Lipinski definition) is 1. The molecule has 0 radical (unpaired) electrons. The molecule has 0 aliphatic heterocycles. The monoisotopic (exact) mass is 453 g/mol. The number of nitrogens with zero attached hydrogens (tertiary/aromatic N) is 4. The molecule has 0 bridgehead atoms. The highest BCUT2D eigenvalue weighted by molar-refractivity contribution is 6.17. The van der Waals surface area contributed by atoms with Crippen molar-refractivity contribution in [1.29, 1.82) is 0 Å². The van der Waals surface area contributed by atoms with Crippen LogP contribution in [0.5, 0.6) is 5.75 Å². The highest BCUT2D eigenvalue weighted by Crippen LogP contribution is 2.26. The predicted molar refractivity (Wildman–Crippen MR) is 119 cm³/mol. The first-order valence-corrected chi connectivity index (χ1v) is 9.82. The van der Waals surface area contributed by atoms with Crippen molar-refractivity contribution < 1.29 is 14.3 Å². The van der Waals surface area contributed by atoms with Gasteiger partial charge in [0.2, 0.25) is 0 Å². The first kappa shape index (κ1) is 23.7. The number of nitrogens with one attached hydrogen (secondary N) is 1. The van der Waals surface area contributed by atoms with Gasteiger partial charge >= 0.3 is 5.97 Å². The third-order valence-corrected chi connectivity index (χ3v) is 4.03. The standard InChI is InChI=1S/C20H24ClN5O3.ClH/c1-20(2,3)29-18(27)12-26-11-14(10-24-26)25-19-16-6-5-15(28-8-4-7-21)9-17(16)22-13-23-19;/h5-6,9-11,13H,4,7-8,12H2,1-3H3,(H,22,23,25);1H. The van der Waals surface area contributed by atoms with E-state index < -0.39 is 5.60 Å². The number of fused-ring (bicyclic) bond motifs is 1. The van der Waals surface area contributed by atoms with E-state index in [1.54, 1.807) is 12.4 Å². The fraction of sp³-hybridized carbons (Fsp3) is 0.400. The minimum absolute atomic E-state index is 0. The normalized spacial score (nSPS) is 11.1. The Kier molecular flexibility index (Phi) is 8.25. The number of halogens is 2. The molecular formula is C20H25Cl2N5O3. The zero-order valence-electron chi connectivity index (χ0n) is 17.1. The van der Waals surface area contributed by atoms with Crippen LogP contribution in [0.4, 0.5) is 11.5 Å². The van der Waals surface area contributed by atoms with Crippen molar-refractivity contribution in [3.8, 4) is 5.75 Å². The maximum Gasteiger partial charge on any atom is 0.328 e. The van der Waals surface area contributed by atoms with Crippen LogP contribution in [-0.4, -0.2) is 43.8 Å². The Balaban J connectivity index is 0.00000320. The molecule has 10 heteroatoms. The van der Waals surface area contributed by atoms with Gasteiger partial charge < -0.3 is 14.8 Å². The van der Waals surface area contributed by atoms with E-state index in [0.717, 1.165) is 23.1 Å². The van der Waals surface area contributed by atoms with Gasteiger partial charge in [-0.15, -0.1) is 24.0 Å². The quantitative estimate of drug-likeness (QED) is 0.308. The van der Waals surface area contributed by atoms with E-state index in [9.17, 15) is 4.79 Å². The zero-order valence-corrected chi connectivity index (χ0v) is 18.7. The second kappa shape index (κ2) is 10.4. The van der Waals surface area contributed by atoms with Crippen LogP contribution in [0, 0.1) is 0 Å². The summed E-state index contributed by atoms with van der Waals surface area (Å²) in [6.45, 7) is 6.08. The van der Waals surface area contributed by atoms with E-state index in [0.29, 0.717) is 24.0 Å². The molecule has 1 N–H and O–H groups in total. The summed E-state index contributed by atoms with van der Waals surface area (Å²) >= 11 is 5.68. The van der Waals surface area contributed by atoms with Gasteiger partial charge in [-0.25, -0.2) is 9.97 Å². The Morgan fingerprint density at radius 3 is 2.80 bits per heavy atom. The zero-order chi connectivity index (χ0) is 20.9. The lowest BCUT2D eigenvalue weighted by atomic mass is 10.2. The summed E-state index contributed by atoms with van der Waals surface area (Å²) in [5.41, 5.74) is 0.931. The van der Waals surface area contributed by atoms with Crippen molar-refractivity contribution in [2.45, 2.75) is 39.3 Å². The summed E-state index contributed by atoms with van der Waals surface area (Å²) in [5.74, 6) is 1.59. The van der Waals surface area contributed by atoms with Crippen molar-refractivity contribution in [2.75, 3.05) is 17.8 Å². The molecule has 8 nitrogen and oxygen atoms in total. The smallest absolute Gasteiger partial charge is 0.328 e. The number of benzene rings is 1. The average Bonchev–Trinajstić information content (AvgIpc) is 3.07. The number of hydrogen-bond acceptors (Lipinski definition) is 7. The van der Waals surface area contributed by atoms with Crippen LogP contribution >= 0.6 is 24.0 Å². The molecule has 0 saturated heterocycles. The summed E-state index contributed by atoms with van der Waals surface area (Å²) in [6.07, 6.45) is 5.62. The van der Waals surface area contributed by atoms with Gasteiger partial charge in [0.05, 0.1) is 24.0 Å². The van der Waals surface area contributed by atoms with Crippen LogP contribution < -0.4 is 10.1 Å². The summed E-state index contributed by atoms with van der Waals surface area (Å²) in [6, 6.07) is 5.64. The highest BCUT2D eigenvalue weighted by atomic mass is 35.5. The topological polar surface area (TPSA) is 91.2 Å². The average molecular weight is 454 g/mol. The second-order valence-corrected chi connectivity index (χ2v) is 7.81. The first-order chi connectivity index (χ1) is 13.8. The molecule has 0 aliphatic carbocycles. The lowest BCUT2D eigenvalue weighted by Crippen LogP contribution is -2.26. The van der Waals surface area contributed by atoms with Crippen LogP contribution in [0.1, 0.15) is 27.2 Å². The largest absolute Gasteiger partial charge is 0.493 e. The fourth-order valence-electron chi connectivity index (χ4n) is 2.63. The molecule has 0 fully saturated rings. The molecule has 0 unspecified atom stereocenters. The molecule has 0 spiro atoms. The van der Waals surface area contributed by atoms with Crippen molar-refractivity contribution in [1.82, 2.24) is 19.7 Å². The van der Waals surface area contributed by atoms with Gasteiger partial charge in [-0.3, -0.25) is 9.48 Å². The first-order valence-electron chi connectivity index (χ1n) is 9.29. The van der Waals surface area contributed by atoms with Crippen molar-refractivity contribution >= 4 is 52.4 Å². The van der Waals surface area contributed by atoms with Crippen LogP contribution in [0.25, 0.3) is 10.9 Å². The van der Waals surface area contributed by atoms with E-state index in [2.05, 4.69) is 20.4 Å². The van der Waals surface area contributed by atoms with Gasteiger partial charge in [-0.2, -0.15) is 5.10 Å². The van der Waals surface area contributed by atoms with Crippen LogP contribution in [0.2, 0.25) is 0 Å². The van der Waals surface area contributed by atoms with Gasteiger partial charge in [-0.05, 0) is 39.3 Å². The molecule has 3 aromatic rings. The number of alkyl halides is 1. The third-order valence-electron chi connectivity index (χ3n) is 3.76. The minimum Gasteiger partial charge on any atom is -0.493 e. The summed E-state index contributed by atoms with van der Waals surface area (Å²) in [7, 11) is 0. The molecule has 30 heavy (non-hydrogen) atoms.